The van der Waals surface area contributed by atoms with E-state index in [1.54, 1.807) is 0 Å². The Kier molecular flexibility index (Phi) is 4.53. The largest absolute Gasteiger partial charge is 0.355 e. The Hall–Kier alpha value is -1.35. The first-order valence-electron chi connectivity index (χ1n) is 8.70. The Labute approximate surface area is 134 Å². The molecular weight excluding hydrogens is 272 g/mol. The van der Waals surface area contributed by atoms with E-state index in [0.717, 1.165) is 19.0 Å². The first kappa shape index (κ1) is 15.5. The number of nitrogens with one attached hydrogen (secondary N) is 1. The number of hydrogen-bond donors (Lipinski definition) is 1. The second-order valence-electron chi connectivity index (χ2n) is 7.31. The molecule has 0 bridgehead atoms. The average molecular weight is 300 g/mol. The number of carbonyl (C=O) groups is 1. The summed E-state index contributed by atoms with van der Waals surface area (Å²) in [7, 11) is 0. The van der Waals surface area contributed by atoms with Crippen molar-refractivity contribution in [1.82, 2.24) is 10.2 Å². The second kappa shape index (κ2) is 6.41. The third kappa shape index (κ3) is 2.79. The van der Waals surface area contributed by atoms with Gasteiger partial charge in [-0.15, -0.1) is 0 Å². The van der Waals surface area contributed by atoms with Crippen LogP contribution in [0.3, 0.4) is 0 Å². The molecule has 2 fully saturated rings. The summed E-state index contributed by atoms with van der Waals surface area (Å²) < 4.78 is 0. The van der Waals surface area contributed by atoms with Crippen molar-refractivity contribution in [2.45, 2.75) is 45.1 Å². The summed E-state index contributed by atoms with van der Waals surface area (Å²) in [6.45, 7) is 6.65. The summed E-state index contributed by atoms with van der Waals surface area (Å²) >= 11 is 0. The Morgan fingerprint density at radius 2 is 2.09 bits per heavy atom. The molecule has 1 aromatic carbocycles. The summed E-state index contributed by atoms with van der Waals surface area (Å²) in [4.78, 5) is 14.7. The Bertz CT molecular complexity index is 513. The molecule has 2 unspecified atom stereocenters. The Balaban J connectivity index is 1.73. The zero-order valence-corrected chi connectivity index (χ0v) is 13.8. The summed E-state index contributed by atoms with van der Waals surface area (Å²) in [6, 6.07) is 10.8. The van der Waals surface area contributed by atoms with Crippen molar-refractivity contribution in [2.24, 2.45) is 11.8 Å². The molecule has 120 valence electrons. The molecule has 2 aliphatic rings. The van der Waals surface area contributed by atoms with Gasteiger partial charge in [-0.25, -0.2) is 0 Å². The quantitative estimate of drug-likeness (QED) is 0.906. The highest BCUT2D eigenvalue weighted by atomic mass is 16.2. The van der Waals surface area contributed by atoms with Gasteiger partial charge in [-0.05, 0) is 30.2 Å². The normalized spacial score (nSPS) is 28.0. The zero-order chi connectivity index (χ0) is 15.6. The minimum Gasteiger partial charge on any atom is -0.355 e. The van der Waals surface area contributed by atoms with Crippen LogP contribution in [0, 0.1) is 11.8 Å². The van der Waals surface area contributed by atoms with Crippen LogP contribution in [0.1, 0.15) is 45.1 Å². The standard InChI is InChI=1S/C19H28N2O/c1-15(2)12-20-18(22)14-21-13-17-10-6-7-11-19(17,21)16-8-4-3-5-9-16/h3-5,8-9,15,17H,6-7,10-14H2,1-2H3,(H,20,22). The van der Waals surface area contributed by atoms with Gasteiger partial charge in [-0.1, -0.05) is 57.0 Å². The van der Waals surface area contributed by atoms with Gasteiger partial charge in [0, 0.05) is 13.1 Å². The van der Waals surface area contributed by atoms with Crippen molar-refractivity contribution < 1.29 is 4.79 Å². The predicted octanol–water partition coefficient (Wildman–Crippen LogP) is 3.16. The lowest BCUT2D eigenvalue weighted by atomic mass is 9.62. The molecular formula is C19H28N2O. The number of fused-ring (bicyclic) bond motifs is 1. The smallest absolute Gasteiger partial charge is 0.234 e. The van der Waals surface area contributed by atoms with Crippen LogP contribution in [0.4, 0.5) is 0 Å². The Morgan fingerprint density at radius 1 is 1.32 bits per heavy atom. The lowest BCUT2D eigenvalue weighted by Gasteiger charge is -2.61. The van der Waals surface area contributed by atoms with E-state index >= 15 is 0 Å². The number of benzene rings is 1. The fourth-order valence-corrected chi connectivity index (χ4v) is 4.25. The molecule has 0 aromatic heterocycles. The van der Waals surface area contributed by atoms with Crippen LogP contribution >= 0.6 is 0 Å². The van der Waals surface area contributed by atoms with Crippen molar-refractivity contribution in [3.8, 4) is 0 Å². The maximum absolute atomic E-state index is 12.2. The molecule has 1 aromatic rings. The number of nitrogens with zero attached hydrogens (tertiary/aromatic N) is 1. The number of hydrogen-bond acceptors (Lipinski definition) is 2. The molecule has 1 saturated carbocycles. The third-order valence-corrected chi connectivity index (χ3v) is 5.36. The lowest BCUT2D eigenvalue weighted by molar-refractivity contribution is -0.142. The highest BCUT2D eigenvalue weighted by Crippen LogP contribution is 2.53. The second-order valence-corrected chi connectivity index (χ2v) is 7.31. The highest BCUT2D eigenvalue weighted by Gasteiger charge is 2.55. The number of rotatable bonds is 5. The molecule has 22 heavy (non-hydrogen) atoms. The zero-order valence-electron chi connectivity index (χ0n) is 13.8. The van der Waals surface area contributed by atoms with Gasteiger partial charge >= 0.3 is 0 Å². The van der Waals surface area contributed by atoms with E-state index in [1.807, 2.05) is 0 Å². The maximum Gasteiger partial charge on any atom is 0.234 e. The van der Waals surface area contributed by atoms with Gasteiger partial charge in [0.15, 0.2) is 0 Å². The van der Waals surface area contributed by atoms with Gasteiger partial charge in [0.2, 0.25) is 5.91 Å². The molecule has 1 amide bonds. The molecule has 1 aliphatic carbocycles. The summed E-state index contributed by atoms with van der Waals surface area (Å²) in [6.07, 6.45) is 5.11. The van der Waals surface area contributed by atoms with Crippen LogP contribution in [0.15, 0.2) is 30.3 Å². The molecule has 3 heteroatoms. The van der Waals surface area contributed by atoms with Crippen LogP contribution in [-0.2, 0) is 10.3 Å². The monoisotopic (exact) mass is 300 g/mol. The SMILES string of the molecule is CC(C)CNC(=O)CN1CC2CCCCC21c1ccccc1. The van der Waals surface area contributed by atoms with E-state index in [4.69, 9.17) is 0 Å². The molecule has 3 nitrogen and oxygen atoms in total. The number of carbonyl (C=O) groups excluding carboxylic acids is 1. The van der Waals surface area contributed by atoms with Crippen LogP contribution in [0.25, 0.3) is 0 Å². The molecule has 1 N–H and O–H groups in total. The van der Waals surface area contributed by atoms with Gasteiger partial charge in [0.05, 0.1) is 12.1 Å². The molecule has 2 atom stereocenters. The minimum atomic E-state index is 0.120. The molecule has 0 radical (unpaired) electrons. The minimum absolute atomic E-state index is 0.120. The van der Waals surface area contributed by atoms with Crippen molar-refractivity contribution in [1.29, 1.82) is 0 Å². The molecule has 3 rings (SSSR count). The van der Waals surface area contributed by atoms with E-state index in [9.17, 15) is 4.79 Å². The van der Waals surface area contributed by atoms with Gasteiger partial charge in [0.1, 0.15) is 0 Å². The first-order chi connectivity index (χ1) is 10.6. The highest BCUT2D eigenvalue weighted by molar-refractivity contribution is 5.78. The molecule has 0 spiro atoms. The summed E-state index contributed by atoms with van der Waals surface area (Å²) in [5.74, 6) is 1.40. The molecule has 1 saturated heterocycles. The van der Waals surface area contributed by atoms with Gasteiger partial charge in [0.25, 0.3) is 0 Å². The third-order valence-electron chi connectivity index (χ3n) is 5.36. The first-order valence-corrected chi connectivity index (χ1v) is 8.70. The fraction of sp³-hybridized carbons (Fsp3) is 0.632. The predicted molar refractivity (Wildman–Crippen MR) is 89.5 cm³/mol. The van der Waals surface area contributed by atoms with Crippen LogP contribution < -0.4 is 5.32 Å². The molecule has 1 aliphatic heterocycles. The fourth-order valence-electron chi connectivity index (χ4n) is 4.25. The average Bonchev–Trinajstić information content (AvgIpc) is 2.51. The molecule has 1 heterocycles. The van der Waals surface area contributed by atoms with Crippen molar-refractivity contribution in [3.05, 3.63) is 35.9 Å². The van der Waals surface area contributed by atoms with E-state index in [0.29, 0.717) is 12.5 Å². The van der Waals surface area contributed by atoms with Crippen molar-refractivity contribution >= 4 is 5.91 Å². The number of amides is 1. The van der Waals surface area contributed by atoms with Crippen LogP contribution in [0.2, 0.25) is 0 Å². The van der Waals surface area contributed by atoms with Crippen molar-refractivity contribution in [3.63, 3.8) is 0 Å². The Morgan fingerprint density at radius 3 is 2.77 bits per heavy atom. The van der Waals surface area contributed by atoms with Crippen LogP contribution in [0.5, 0.6) is 0 Å². The number of likely N-dealkylation sites (tertiary alicyclic amines) is 1. The van der Waals surface area contributed by atoms with Crippen LogP contribution in [-0.4, -0.2) is 30.4 Å². The van der Waals surface area contributed by atoms with E-state index in [2.05, 4.69) is 54.4 Å². The van der Waals surface area contributed by atoms with Crippen molar-refractivity contribution in [2.75, 3.05) is 19.6 Å². The maximum atomic E-state index is 12.2. The summed E-state index contributed by atoms with van der Waals surface area (Å²) in [5, 5.41) is 3.06. The van der Waals surface area contributed by atoms with E-state index in [1.165, 1.54) is 31.2 Å². The van der Waals surface area contributed by atoms with E-state index in [-0.39, 0.29) is 11.4 Å². The van der Waals surface area contributed by atoms with Gasteiger partial charge in [-0.2, -0.15) is 0 Å². The lowest BCUT2D eigenvalue weighted by Crippen LogP contribution is -2.67. The summed E-state index contributed by atoms with van der Waals surface area (Å²) in [5.41, 5.74) is 1.52. The topological polar surface area (TPSA) is 32.3 Å². The van der Waals surface area contributed by atoms with Gasteiger partial charge < -0.3 is 5.32 Å². The van der Waals surface area contributed by atoms with Gasteiger partial charge in [-0.3, -0.25) is 9.69 Å². The van der Waals surface area contributed by atoms with E-state index < -0.39 is 0 Å².